The van der Waals surface area contributed by atoms with Gasteiger partial charge in [-0.05, 0) is 24.6 Å². The highest BCUT2D eigenvalue weighted by Crippen LogP contribution is 2.28. The van der Waals surface area contributed by atoms with Crippen molar-refractivity contribution in [2.45, 2.75) is 19.5 Å². The summed E-state index contributed by atoms with van der Waals surface area (Å²) in [6.07, 6.45) is 1.39. The third-order valence-electron chi connectivity index (χ3n) is 3.82. The summed E-state index contributed by atoms with van der Waals surface area (Å²) in [4.78, 5) is 25.8. The Kier molecular flexibility index (Phi) is 5.41. The van der Waals surface area contributed by atoms with Crippen molar-refractivity contribution in [3.63, 3.8) is 0 Å². The van der Waals surface area contributed by atoms with E-state index in [0.29, 0.717) is 16.5 Å². The number of amides is 1. The number of benzene rings is 1. The van der Waals surface area contributed by atoms with Crippen molar-refractivity contribution in [2.75, 3.05) is 19.5 Å². The summed E-state index contributed by atoms with van der Waals surface area (Å²) in [5.41, 5.74) is 0.748. The van der Waals surface area contributed by atoms with E-state index in [1.54, 1.807) is 25.3 Å². The number of nitrogens with one attached hydrogen (secondary N) is 1. The zero-order valence-corrected chi connectivity index (χ0v) is 14.7. The molecule has 0 aromatic heterocycles. The fourth-order valence-electron chi connectivity index (χ4n) is 2.53. The van der Waals surface area contributed by atoms with Gasteiger partial charge in [-0.15, -0.1) is 0 Å². The monoisotopic (exact) mass is 384 g/mol. The van der Waals surface area contributed by atoms with Gasteiger partial charge in [0.25, 0.3) is 5.91 Å². The first-order valence-electron chi connectivity index (χ1n) is 7.16. The average Bonchev–Trinajstić information content (AvgIpc) is 2.53. The van der Waals surface area contributed by atoms with Crippen LogP contribution in [0.1, 0.15) is 13.3 Å². The van der Waals surface area contributed by atoms with Crippen LogP contribution in [0.25, 0.3) is 0 Å². The number of esters is 1. The van der Waals surface area contributed by atoms with Crippen molar-refractivity contribution in [3.8, 4) is 0 Å². The highest BCUT2D eigenvalue weighted by Gasteiger charge is 2.38. The fourth-order valence-corrected chi connectivity index (χ4v) is 2.86. The molecule has 1 aliphatic rings. The molecule has 1 amide bonds. The second-order valence-corrected chi connectivity index (χ2v) is 6.14. The molecule has 1 aromatic carbocycles. The molecule has 2 atom stereocenters. The van der Waals surface area contributed by atoms with E-state index in [1.807, 2.05) is 6.92 Å². The predicted octanol–water partition coefficient (Wildman–Crippen LogP) is 2.92. The van der Waals surface area contributed by atoms with Gasteiger partial charge >= 0.3 is 5.97 Å². The van der Waals surface area contributed by atoms with Crippen molar-refractivity contribution in [2.24, 2.45) is 5.92 Å². The molecule has 0 fully saturated rings. The molecule has 5 nitrogen and oxygen atoms in total. The Balaban J connectivity index is 2.38. The van der Waals surface area contributed by atoms with Gasteiger partial charge in [0.05, 0.1) is 12.8 Å². The van der Waals surface area contributed by atoms with Gasteiger partial charge in [-0.3, -0.25) is 9.59 Å². The number of nitrogens with zero attached hydrogens (tertiary/aromatic N) is 1. The summed E-state index contributed by atoms with van der Waals surface area (Å²) >= 11 is 3.19. The molecule has 0 aliphatic carbocycles. The third-order valence-corrected chi connectivity index (χ3v) is 4.32. The molecule has 0 bridgehead atoms. The van der Waals surface area contributed by atoms with Crippen LogP contribution in [0.15, 0.2) is 34.3 Å². The van der Waals surface area contributed by atoms with Crippen molar-refractivity contribution in [1.29, 1.82) is 0 Å². The van der Waals surface area contributed by atoms with Crippen molar-refractivity contribution in [1.82, 2.24) is 4.90 Å². The first kappa shape index (κ1) is 17.5. The van der Waals surface area contributed by atoms with Gasteiger partial charge in [-0.25, -0.2) is 4.39 Å². The quantitative estimate of drug-likeness (QED) is 0.810. The molecule has 0 radical (unpaired) electrons. The van der Waals surface area contributed by atoms with Crippen LogP contribution in [0.3, 0.4) is 0 Å². The number of carbonyl (C=O) groups is 2. The largest absolute Gasteiger partial charge is 0.468 e. The number of hydrogen-bond donors (Lipinski definition) is 1. The maximum absolute atomic E-state index is 14.1. The molecule has 1 aliphatic heterocycles. The van der Waals surface area contributed by atoms with Crippen LogP contribution in [-0.4, -0.2) is 37.1 Å². The van der Waals surface area contributed by atoms with Crippen LogP contribution in [0.2, 0.25) is 0 Å². The van der Waals surface area contributed by atoms with E-state index in [-0.39, 0.29) is 11.6 Å². The van der Waals surface area contributed by atoms with Gasteiger partial charge in [-0.2, -0.15) is 0 Å². The van der Waals surface area contributed by atoms with E-state index < -0.39 is 23.9 Å². The Morgan fingerprint density at radius 1 is 1.48 bits per heavy atom. The molecule has 23 heavy (non-hydrogen) atoms. The minimum atomic E-state index is -0.721. The molecule has 1 N–H and O–H groups in total. The molecular formula is C16H18BrFN2O3. The average molecular weight is 385 g/mol. The number of likely N-dealkylation sites (N-methyl/N-ethyl adjacent to an activating group) is 1. The topological polar surface area (TPSA) is 58.6 Å². The normalized spacial score (nSPS) is 21.0. The first-order valence-corrected chi connectivity index (χ1v) is 7.95. The van der Waals surface area contributed by atoms with Crippen LogP contribution in [0.4, 0.5) is 10.1 Å². The Morgan fingerprint density at radius 3 is 2.74 bits per heavy atom. The summed E-state index contributed by atoms with van der Waals surface area (Å²) in [7, 11) is 2.87. The Hall–Kier alpha value is -1.89. The van der Waals surface area contributed by atoms with Crippen LogP contribution in [0, 0.1) is 11.7 Å². The second kappa shape index (κ2) is 7.12. The number of hydrogen-bond acceptors (Lipinski definition) is 4. The second-order valence-electron chi connectivity index (χ2n) is 5.22. The Bertz CT molecular complexity index is 663. The van der Waals surface area contributed by atoms with E-state index in [0.717, 1.165) is 0 Å². The van der Waals surface area contributed by atoms with Crippen LogP contribution in [-0.2, 0) is 14.3 Å². The highest BCUT2D eigenvalue weighted by atomic mass is 79.9. The molecule has 124 valence electrons. The zero-order valence-electron chi connectivity index (χ0n) is 13.1. The maximum atomic E-state index is 14.1. The maximum Gasteiger partial charge on any atom is 0.316 e. The molecule has 2 rings (SSSR count). The van der Waals surface area contributed by atoms with E-state index >= 15 is 0 Å². The minimum Gasteiger partial charge on any atom is -0.468 e. The van der Waals surface area contributed by atoms with Crippen LogP contribution >= 0.6 is 15.9 Å². The Morgan fingerprint density at radius 2 is 2.17 bits per heavy atom. The number of methoxy groups -OCH3 is 1. The van der Waals surface area contributed by atoms with E-state index in [9.17, 15) is 14.0 Å². The number of anilines is 1. The molecule has 0 spiro atoms. The lowest BCUT2D eigenvalue weighted by Crippen LogP contribution is -2.52. The molecule has 1 heterocycles. The summed E-state index contributed by atoms with van der Waals surface area (Å²) in [6, 6.07) is 4.54. The van der Waals surface area contributed by atoms with Gasteiger partial charge in [0, 0.05) is 17.1 Å². The van der Waals surface area contributed by atoms with Gasteiger partial charge in [0.1, 0.15) is 17.9 Å². The van der Waals surface area contributed by atoms with Gasteiger partial charge in [0.15, 0.2) is 0 Å². The van der Waals surface area contributed by atoms with Crippen molar-refractivity contribution in [3.05, 3.63) is 40.1 Å². The third kappa shape index (κ3) is 3.55. The summed E-state index contributed by atoms with van der Waals surface area (Å²) in [5, 5.41) is 2.93. The standard InChI is InChI=1S/C16H18BrFN2O3/c1-4-9-7-11(16(22)23-3)14(20(2)15(9)21)19-13-6-5-10(17)8-12(13)18/h5-8,11,14,19H,4H2,1-3H3. The fraction of sp³-hybridized carbons (Fsp3) is 0.375. The molecule has 7 heteroatoms. The van der Waals surface area contributed by atoms with Crippen molar-refractivity contribution < 1.29 is 18.7 Å². The van der Waals surface area contributed by atoms with E-state index in [2.05, 4.69) is 21.2 Å². The zero-order chi connectivity index (χ0) is 17.1. The lowest BCUT2D eigenvalue weighted by Gasteiger charge is -2.37. The van der Waals surface area contributed by atoms with Crippen molar-refractivity contribution >= 4 is 33.5 Å². The molecular weight excluding hydrogens is 367 g/mol. The van der Waals surface area contributed by atoms with Crippen LogP contribution < -0.4 is 5.32 Å². The molecule has 1 aromatic rings. The number of carbonyl (C=O) groups excluding carboxylic acids is 2. The summed E-state index contributed by atoms with van der Waals surface area (Å²) in [6.45, 7) is 1.84. The van der Waals surface area contributed by atoms with Gasteiger partial charge < -0.3 is 15.0 Å². The molecule has 0 saturated carbocycles. The Labute approximate surface area is 142 Å². The minimum absolute atomic E-state index is 0.192. The summed E-state index contributed by atoms with van der Waals surface area (Å²) in [5.74, 6) is -1.86. The van der Waals surface area contributed by atoms with Gasteiger partial charge in [0.2, 0.25) is 0 Å². The van der Waals surface area contributed by atoms with E-state index in [4.69, 9.17) is 4.74 Å². The first-order chi connectivity index (χ1) is 10.9. The molecule has 0 saturated heterocycles. The smallest absolute Gasteiger partial charge is 0.316 e. The predicted molar refractivity (Wildman–Crippen MR) is 88.2 cm³/mol. The molecule has 2 unspecified atom stereocenters. The SMILES string of the molecule is CCC1=CC(C(=O)OC)C(Nc2ccc(Br)cc2F)N(C)C1=O. The number of halogens is 2. The lowest BCUT2D eigenvalue weighted by molar-refractivity contribution is -0.147. The number of rotatable bonds is 4. The number of ether oxygens (including phenoxy) is 1. The van der Waals surface area contributed by atoms with Gasteiger partial charge in [-0.1, -0.05) is 28.9 Å². The summed E-state index contributed by atoms with van der Waals surface area (Å²) < 4.78 is 19.5. The van der Waals surface area contributed by atoms with E-state index in [1.165, 1.54) is 18.1 Å². The highest BCUT2D eigenvalue weighted by molar-refractivity contribution is 9.10. The lowest BCUT2D eigenvalue weighted by atomic mass is 9.94. The van der Waals surface area contributed by atoms with Crippen LogP contribution in [0.5, 0.6) is 0 Å².